The van der Waals surface area contributed by atoms with Gasteiger partial charge in [-0.25, -0.2) is 0 Å². The monoisotopic (exact) mass is 261 g/mol. The normalized spacial score (nSPS) is 28.8. The van der Waals surface area contributed by atoms with Gasteiger partial charge in [0.2, 0.25) is 0 Å². The van der Waals surface area contributed by atoms with Crippen LogP contribution < -0.4 is 4.90 Å². The van der Waals surface area contributed by atoms with Gasteiger partial charge in [-0.3, -0.25) is 0 Å². The first-order chi connectivity index (χ1) is 9.25. The highest BCUT2D eigenvalue weighted by Gasteiger charge is 2.34. The molecule has 1 aromatic carbocycles. The Balaban J connectivity index is 1.79. The number of nitrogens with zero attached hydrogens (tertiary/aromatic N) is 1. The largest absolute Gasteiger partial charge is 0.389 e. The van der Waals surface area contributed by atoms with E-state index in [1.807, 2.05) is 12.1 Å². The summed E-state index contributed by atoms with van der Waals surface area (Å²) in [6.45, 7) is 3.62. The molecule has 0 aromatic heterocycles. The number of hydrogen-bond acceptors (Lipinski definition) is 3. The number of rotatable bonds is 2. The summed E-state index contributed by atoms with van der Waals surface area (Å²) in [4.78, 5) is 2.50. The molecule has 2 aliphatic rings. The highest BCUT2D eigenvalue weighted by Crippen LogP contribution is 2.32. The fourth-order valence-corrected chi connectivity index (χ4v) is 3.36. The van der Waals surface area contributed by atoms with Gasteiger partial charge in [0.05, 0.1) is 24.9 Å². The molecule has 3 rings (SSSR count). The molecule has 1 heterocycles. The fraction of sp³-hybridized carbons (Fsp3) is 0.625. The third-order valence-electron chi connectivity index (χ3n) is 4.44. The SMILES string of the molecule is C[C@@H](O)c1ccc(N2CCOC3CCCCC32)cc1. The number of aliphatic hydroxyl groups is 1. The zero-order valence-corrected chi connectivity index (χ0v) is 11.6. The first kappa shape index (κ1) is 12.9. The molecule has 1 N–H and O–H groups in total. The average molecular weight is 261 g/mol. The molecule has 104 valence electrons. The molecule has 0 radical (unpaired) electrons. The Morgan fingerprint density at radius 1 is 1.21 bits per heavy atom. The lowest BCUT2D eigenvalue weighted by molar-refractivity contribution is -0.00868. The number of ether oxygens (including phenoxy) is 1. The number of hydrogen-bond donors (Lipinski definition) is 1. The van der Waals surface area contributed by atoms with E-state index in [-0.39, 0.29) is 6.10 Å². The molecule has 19 heavy (non-hydrogen) atoms. The van der Waals surface area contributed by atoms with E-state index in [1.54, 1.807) is 6.92 Å². The van der Waals surface area contributed by atoms with Gasteiger partial charge in [-0.15, -0.1) is 0 Å². The summed E-state index contributed by atoms with van der Waals surface area (Å²) in [5, 5.41) is 9.58. The summed E-state index contributed by atoms with van der Waals surface area (Å²) in [5.74, 6) is 0. The lowest BCUT2D eigenvalue weighted by Crippen LogP contribution is -2.52. The third kappa shape index (κ3) is 2.63. The zero-order valence-electron chi connectivity index (χ0n) is 11.6. The van der Waals surface area contributed by atoms with E-state index in [1.165, 1.54) is 31.4 Å². The highest BCUT2D eigenvalue weighted by atomic mass is 16.5. The number of morpholine rings is 1. The van der Waals surface area contributed by atoms with Crippen LogP contribution in [-0.4, -0.2) is 30.4 Å². The van der Waals surface area contributed by atoms with Gasteiger partial charge in [0.25, 0.3) is 0 Å². The maximum absolute atomic E-state index is 9.58. The van der Waals surface area contributed by atoms with E-state index < -0.39 is 0 Å². The van der Waals surface area contributed by atoms with E-state index in [4.69, 9.17) is 4.74 Å². The Morgan fingerprint density at radius 3 is 2.68 bits per heavy atom. The van der Waals surface area contributed by atoms with Crippen molar-refractivity contribution in [2.24, 2.45) is 0 Å². The molecule has 1 aromatic rings. The average Bonchev–Trinajstić information content (AvgIpc) is 2.47. The Hall–Kier alpha value is -1.06. The predicted molar refractivity (Wildman–Crippen MR) is 76.4 cm³/mol. The summed E-state index contributed by atoms with van der Waals surface area (Å²) < 4.78 is 5.91. The third-order valence-corrected chi connectivity index (χ3v) is 4.44. The van der Waals surface area contributed by atoms with Gasteiger partial charge in [0.15, 0.2) is 0 Å². The molecule has 1 aliphatic carbocycles. The number of anilines is 1. The van der Waals surface area contributed by atoms with Crippen molar-refractivity contribution >= 4 is 5.69 Å². The molecule has 0 amide bonds. The lowest BCUT2D eigenvalue weighted by atomic mass is 9.89. The predicted octanol–water partition coefficient (Wildman–Crippen LogP) is 2.89. The van der Waals surface area contributed by atoms with E-state index in [0.717, 1.165) is 18.7 Å². The van der Waals surface area contributed by atoms with E-state index in [2.05, 4.69) is 17.0 Å². The van der Waals surface area contributed by atoms with Crippen LogP contribution in [0.3, 0.4) is 0 Å². The summed E-state index contributed by atoms with van der Waals surface area (Å²) in [6.07, 6.45) is 5.08. The van der Waals surface area contributed by atoms with E-state index >= 15 is 0 Å². The first-order valence-corrected chi connectivity index (χ1v) is 7.42. The minimum absolute atomic E-state index is 0.388. The Labute approximate surface area is 115 Å². The van der Waals surface area contributed by atoms with Crippen molar-refractivity contribution < 1.29 is 9.84 Å². The van der Waals surface area contributed by atoms with Crippen LogP contribution in [0.4, 0.5) is 5.69 Å². The molecule has 1 saturated carbocycles. The minimum Gasteiger partial charge on any atom is -0.389 e. The van der Waals surface area contributed by atoms with Gasteiger partial charge in [-0.1, -0.05) is 25.0 Å². The van der Waals surface area contributed by atoms with Crippen molar-refractivity contribution in [2.75, 3.05) is 18.1 Å². The van der Waals surface area contributed by atoms with Crippen LogP contribution >= 0.6 is 0 Å². The van der Waals surface area contributed by atoms with Crippen LogP contribution in [0.1, 0.15) is 44.3 Å². The van der Waals surface area contributed by atoms with Gasteiger partial charge < -0.3 is 14.7 Å². The van der Waals surface area contributed by atoms with Crippen LogP contribution in [-0.2, 0) is 4.74 Å². The Kier molecular flexibility index (Phi) is 3.76. The van der Waals surface area contributed by atoms with Gasteiger partial charge in [-0.05, 0) is 37.5 Å². The molecule has 0 spiro atoms. The molecule has 1 aliphatic heterocycles. The van der Waals surface area contributed by atoms with E-state index in [0.29, 0.717) is 12.1 Å². The smallest absolute Gasteiger partial charge is 0.0779 e. The molecule has 2 unspecified atom stereocenters. The van der Waals surface area contributed by atoms with Gasteiger partial charge in [-0.2, -0.15) is 0 Å². The molecular formula is C16H23NO2. The van der Waals surface area contributed by atoms with Crippen molar-refractivity contribution in [2.45, 2.75) is 50.9 Å². The molecule has 1 saturated heterocycles. The Bertz CT molecular complexity index is 413. The van der Waals surface area contributed by atoms with Crippen LogP contribution in [0.2, 0.25) is 0 Å². The van der Waals surface area contributed by atoms with E-state index in [9.17, 15) is 5.11 Å². The van der Waals surface area contributed by atoms with Gasteiger partial charge in [0, 0.05) is 12.2 Å². The number of benzene rings is 1. The summed E-state index contributed by atoms with van der Waals surface area (Å²) >= 11 is 0. The fourth-order valence-electron chi connectivity index (χ4n) is 3.36. The van der Waals surface area contributed by atoms with Crippen molar-refractivity contribution in [1.82, 2.24) is 0 Å². The van der Waals surface area contributed by atoms with Crippen LogP contribution in [0.5, 0.6) is 0 Å². The topological polar surface area (TPSA) is 32.7 Å². The molecule has 3 atom stereocenters. The molecule has 3 nitrogen and oxygen atoms in total. The molecule has 3 heteroatoms. The minimum atomic E-state index is -0.388. The first-order valence-electron chi connectivity index (χ1n) is 7.42. The lowest BCUT2D eigenvalue weighted by Gasteiger charge is -2.45. The summed E-state index contributed by atoms with van der Waals surface area (Å²) in [6, 6.07) is 8.89. The summed E-state index contributed by atoms with van der Waals surface area (Å²) in [5.41, 5.74) is 2.25. The second-order valence-corrected chi connectivity index (χ2v) is 5.72. The van der Waals surface area contributed by atoms with Crippen molar-refractivity contribution in [3.63, 3.8) is 0 Å². The van der Waals surface area contributed by atoms with Crippen LogP contribution in [0.25, 0.3) is 0 Å². The van der Waals surface area contributed by atoms with Gasteiger partial charge >= 0.3 is 0 Å². The standard InChI is InChI=1S/C16H23NO2/c1-12(18)13-6-8-14(9-7-13)17-10-11-19-16-5-3-2-4-15(16)17/h6-9,12,15-16,18H,2-5,10-11H2,1H3/t12-,15?,16?/m1/s1. The van der Waals surface area contributed by atoms with Crippen LogP contribution in [0.15, 0.2) is 24.3 Å². The number of fused-ring (bicyclic) bond motifs is 1. The second kappa shape index (κ2) is 5.51. The maximum atomic E-state index is 9.58. The van der Waals surface area contributed by atoms with Crippen LogP contribution in [0, 0.1) is 0 Å². The van der Waals surface area contributed by atoms with Gasteiger partial charge in [0.1, 0.15) is 0 Å². The molecular weight excluding hydrogens is 238 g/mol. The van der Waals surface area contributed by atoms with Crippen molar-refractivity contribution in [3.8, 4) is 0 Å². The molecule has 0 bridgehead atoms. The molecule has 2 fully saturated rings. The summed E-state index contributed by atoms with van der Waals surface area (Å²) in [7, 11) is 0. The highest BCUT2D eigenvalue weighted by molar-refractivity contribution is 5.49. The zero-order chi connectivity index (χ0) is 13.2. The maximum Gasteiger partial charge on any atom is 0.0779 e. The van der Waals surface area contributed by atoms with Crippen molar-refractivity contribution in [3.05, 3.63) is 29.8 Å². The quantitative estimate of drug-likeness (QED) is 0.888. The Morgan fingerprint density at radius 2 is 1.95 bits per heavy atom. The second-order valence-electron chi connectivity index (χ2n) is 5.72. The number of aliphatic hydroxyl groups excluding tert-OH is 1. The van der Waals surface area contributed by atoms with Crippen molar-refractivity contribution in [1.29, 1.82) is 0 Å².